The molecule has 0 fully saturated rings. The first-order valence-electron chi connectivity index (χ1n) is 10.6. The van der Waals surface area contributed by atoms with E-state index in [2.05, 4.69) is 19.2 Å². The number of carbonyl (C=O) groups excluding carboxylic acids is 1. The Balaban J connectivity index is 2.25. The fraction of sp³-hybridized carbons (Fsp3) is 0.417. The minimum Gasteiger partial charge on any atom is -0.490 e. The molecule has 0 bridgehead atoms. The van der Waals surface area contributed by atoms with Crippen molar-refractivity contribution in [1.29, 1.82) is 0 Å². The molecule has 0 aromatic heterocycles. The molecule has 162 valence electrons. The second-order valence-corrected chi connectivity index (χ2v) is 7.05. The lowest BCUT2D eigenvalue weighted by atomic mass is 10.1. The Kier molecular flexibility index (Phi) is 9.71. The lowest BCUT2D eigenvalue weighted by Crippen LogP contribution is -2.17. The van der Waals surface area contributed by atoms with Crippen molar-refractivity contribution in [3.8, 4) is 11.5 Å². The zero-order valence-electron chi connectivity index (χ0n) is 17.8. The third kappa shape index (κ3) is 6.79. The first-order chi connectivity index (χ1) is 14.6. The van der Waals surface area contributed by atoms with Crippen molar-refractivity contribution in [2.75, 3.05) is 18.5 Å². The Labute approximate surface area is 178 Å². The molecule has 6 heteroatoms. The highest BCUT2D eigenvalue weighted by Crippen LogP contribution is 2.33. The number of ether oxygens (including phenoxy) is 2. The quantitative estimate of drug-likeness (QED) is 0.407. The van der Waals surface area contributed by atoms with Crippen molar-refractivity contribution in [3.05, 3.63) is 53.6 Å². The van der Waals surface area contributed by atoms with Gasteiger partial charge in [0.2, 0.25) is 0 Å². The van der Waals surface area contributed by atoms with Gasteiger partial charge in [0.1, 0.15) is 0 Å². The molecular formula is C24H31NO5. The van der Waals surface area contributed by atoms with Gasteiger partial charge in [-0.05, 0) is 37.1 Å². The van der Waals surface area contributed by atoms with Crippen molar-refractivity contribution in [1.82, 2.24) is 0 Å². The molecule has 0 atom stereocenters. The van der Waals surface area contributed by atoms with Crippen molar-refractivity contribution in [3.63, 3.8) is 0 Å². The van der Waals surface area contributed by atoms with E-state index in [0.717, 1.165) is 38.5 Å². The van der Waals surface area contributed by atoms with E-state index < -0.39 is 11.9 Å². The Morgan fingerprint density at radius 1 is 0.833 bits per heavy atom. The number of hydrogen-bond donors (Lipinski definition) is 2. The van der Waals surface area contributed by atoms with Crippen LogP contribution in [-0.4, -0.2) is 30.2 Å². The maximum atomic E-state index is 13.0. The highest BCUT2D eigenvalue weighted by molar-refractivity contribution is 6.09. The number of nitrogens with one attached hydrogen (secondary N) is 1. The summed E-state index contributed by atoms with van der Waals surface area (Å²) in [6.07, 6.45) is 6.07. The van der Waals surface area contributed by atoms with Crippen LogP contribution < -0.4 is 14.8 Å². The maximum absolute atomic E-state index is 13.0. The predicted octanol–water partition coefficient (Wildman–Crippen LogP) is 5.78. The van der Waals surface area contributed by atoms with Crippen LogP contribution in [0.4, 0.5) is 5.69 Å². The third-order valence-electron chi connectivity index (χ3n) is 4.63. The molecule has 2 N–H and O–H groups in total. The fourth-order valence-corrected chi connectivity index (χ4v) is 2.99. The van der Waals surface area contributed by atoms with Gasteiger partial charge in [-0.25, -0.2) is 4.79 Å². The number of unbranched alkanes of at least 4 members (excludes halogenated alkanes) is 4. The van der Waals surface area contributed by atoms with Crippen molar-refractivity contribution in [2.24, 2.45) is 0 Å². The number of amides is 1. The SMILES string of the molecule is CCCCCOc1cccc(C(=O)Nc2ccccc2C(=O)O)c1OCCCCC. The fourth-order valence-electron chi connectivity index (χ4n) is 2.99. The van der Waals surface area contributed by atoms with E-state index in [4.69, 9.17) is 9.47 Å². The van der Waals surface area contributed by atoms with E-state index in [-0.39, 0.29) is 11.3 Å². The van der Waals surface area contributed by atoms with Gasteiger partial charge >= 0.3 is 5.97 Å². The van der Waals surface area contributed by atoms with Crippen LogP contribution >= 0.6 is 0 Å². The smallest absolute Gasteiger partial charge is 0.337 e. The zero-order valence-corrected chi connectivity index (χ0v) is 17.8. The van der Waals surface area contributed by atoms with Crippen LogP contribution in [-0.2, 0) is 0 Å². The van der Waals surface area contributed by atoms with E-state index in [0.29, 0.717) is 30.3 Å². The van der Waals surface area contributed by atoms with E-state index in [1.165, 1.54) is 6.07 Å². The molecule has 0 aliphatic heterocycles. The minimum atomic E-state index is -1.10. The van der Waals surface area contributed by atoms with Gasteiger partial charge < -0.3 is 19.9 Å². The number of benzene rings is 2. The number of hydrogen-bond acceptors (Lipinski definition) is 4. The lowest BCUT2D eigenvalue weighted by Gasteiger charge is -2.17. The number of carbonyl (C=O) groups is 2. The normalized spacial score (nSPS) is 10.5. The summed E-state index contributed by atoms with van der Waals surface area (Å²) in [4.78, 5) is 24.4. The third-order valence-corrected chi connectivity index (χ3v) is 4.63. The minimum absolute atomic E-state index is 0.0308. The monoisotopic (exact) mass is 413 g/mol. The van der Waals surface area contributed by atoms with Crippen molar-refractivity contribution >= 4 is 17.6 Å². The Morgan fingerprint density at radius 3 is 2.13 bits per heavy atom. The van der Waals surface area contributed by atoms with Gasteiger partial charge in [0, 0.05) is 0 Å². The zero-order chi connectivity index (χ0) is 21.8. The Bertz CT molecular complexity index is 834. The molecule has 0 spiro atoms. The van der Waals surface area contributed by atoms with Crippen LogP contribution in [0.15, 0.2) is 42.5 Å². The Morgan fingerprint density at radius 2 is 1.47 bits per heavy atom. The molecule has 1 amide bonds. The van der Waals surface area contributed by atoms with Gasteiger partial charge in [0.05, 0.1) is 30.0 Å². The standard InChI is InChI=1S/C24H31NO5/c1-3-5-9-16-29-21-15-11-13-19(22(21)30-17-10-6-4-2)23(26)25-20-14-8-7-12-18(20)24(27)28/h7-8,11-15H,3-6,9-10,16-17H2,1-2H3,(H,25,26)(H,27,28). The number of para-hydroxylation sites is 2. The summed E-state index contributed by atoms with van der Waals surface area (Å²) in [6, 6.07) is 11.5. The summed E-state index contributed by atoms with van der Waals surface area (Å²) in [6.45, 7) is 5.27. The first kappa shape index (κ1) is 23.3. The van der Waals surface area contributed by atoms with Gasteiger partial charge in [0.25, 0.3) is 5.91 Å². The number of rotatable bonds is 13. The van der Waals surface area contributed by atoms with Crippen molar-refractivity contribution < 1.29 is 24.2 Å². The van der Waals surface area contributed by atoms with Crippen LogP contribution in [0.25, 0.3) is 0 Å². The predicted molar refractivity (Wildman–Crippen MR) is 118 cm³/mol. The van der Waals surface area contributed by atoms with E-state index >= 15 is 0 Å². The molecule has 0 aliphatic carbocycles. The molecular weight excluding hydrogens is 382 g/mol. The topological polar surface area (TPSA) is 84.9 Å². The molecule has 2 aromatic carbocycles. The summed E-state index contributed by atoms with van der Waals surface area (Å²) in [7, 11) is 0. The molecule has 0 unspecified atom stereocenters. The van der Waals surface area contributed by atoms with Gasteiger partial charge in [-0.1, -0.05) is 57.7 Å². The second-order valence-electron chi connectivity index (χ2n) is 7.05. The molecule has 0 radical (unpaired) electrons. The average Bonchev–Trinajstić information content (AvgIpc) is 2.75. The second kappa shape index (κ2) is 12.5. The van der Waals surface area contributed by atoms with Crippen LogP contribution in [0.5, 0.6) is 11.5 Å². The number of anilines is 1. The largest absolute Gasteiger partial charge is 0.490 e. The van der Waals surface area contributed by atoms with Gasteiger partial charge in [-0.3, -0.25) is 4.79 Å². The van der Waals surface area contributed by atoms with E-state index in [1.54, 1.807) is 36.4 Å². The van der Waals surface area contributed by atoms with E-state index in [9.17, 15) is 14.7 Å². The summed E-state index contributed by atoms with van der Waals surface area (Å²) >= 11 is 0. The van der Waals surface area contributed by atoms with Crippen LogP contribution in [0.3, 0.4) is 0 Å². The summed E-state index contributed by atoms with van der Waals surface area (Å²) < 4.78 is 11.9. The number of carboxylic acid groups (broad SMARTS) is 1. The Hall–Kier alpha value is -3.02. The van der Waals surface area contributed by atoms with Gasteiger partial charge in [-0.2, -0.15) is 0 Å². The molecule has 6 nitrogen and oxygen atoms in total. The van der Waals surface area contributed by atoms with Crippen LogP contribution in [0.2, 0.25) is 0 Å². The van der Waals surface area contributed by atoms with Gasteiger partial charge in [-0.15, -0.1) is 0 Å². The molecule has 0 saturated carbocycles. The molecule has 2 aromatic rings. The lowest BCUT2D eigenvalue weighted by molar-refractivity contribution is 0.0698. The maximum Gasteiger partial charge on any atom is 0.337 e. The molecule has 0 aliphatic rings. The molecule has 2 rings (SSSR count). The highest BCUT2D eigenvalue weighted by atomic mass is 16.5. The highest BCUT2D eigenvalue weighted by Gasteiger charge is 2.20. The number of carboxylic acids is 1. The average molecular weight is 414 g/mol. The van der Waals surface area contributed by atoms with Crippen molar-refractivity contribution in [2.45, 2.75) is 52.4 Å². The van der Waals surface area contributed by atoms with Crippen LogP contribution in [0.1, 0.15) is 73.1 Å². The first-order valence-corrected chi connectivity index (χ1v) is 10.6. The van der Waals surface area contributed by atoms with E-state index in [1.807, 2.05) is 0 Å². The molecule has 0 heterocycles. The van der Waals surface area contributed by atoms with Crippen LogP contribution in [0, 0.1) is 0 Å². The summed E-state index contributed by atoms with van der Waals surface area (Å²) in [5.41, 5.74) is 0.587. The summed E-state index contributed by atoms with van der Waals surface area (Å²) in [5.74, 6) is -0.611. The summed E-state index contributed by atoms with van der Waals surface area (Å²) in [5, 5.41) is 12.1. The number of aromatic carboxylic acids is 1. The molecule has 0 saturated heterocycles. The van der Waals surface area contributed by atoms with Gasteiger partial charge in [0.15, 0.2) is 11.5 Å². The molecule has 30 heavy (non-hydrogen) atoms.